The Labute approximate surface area is 281 Å². The maximum Gasteiger partial charge on any atom is 0.310 e. The van der Waals surface area contributed by atoms with Crippen LogP contribution in [0.25, 0.3) is 11.0 Å². The fourth-order valence-electron chi connectivity index (χ4n) is 7.37. The van der Waals surface area contributed by atoms with Crippen LogP contribution in [-0.4, -0.2) is 94.4 Å². The molecule has 4 heterocycles. The third-order valence-electron chi connectivity index (χ3n) is 9.33. The van der Waals surface area contributed by atoms with Crippen molar-refractivity contribution in [2.75, 3.05) is 19.8 Å². The molecule has 0 radical (unpaired) electrons. The van der Waals surface area contributed by atoms with Crippen LogP contribution < -0.4 is 0 Å². The van der Waals surface area contributed by atoms with Crippen LogP contribution in [0.1, 0.15) is 24.8 Å². The van der Waals surface area contributed by atoms with Crippen LogP contribution in [-0.2, 0) is 32.2 Å². The number of unbranched alkanes of at least 4 members (excludes halogenated alkanes) is 1. The second kappa shape index (κ2) is 13.7. The molecule has 46 heavy (non-hydrogen) atoms. The van der Waals surface area contributed by atoms with Gasteiger partial charge in [0.15, 0.2) is 0 Å². The van der Waals surface area contributed by atoms with Gasteiger partial charge < -0.3 is 19.6 Å². The maximum atomic E-state index is 15.0. The van der Waals surface area contributed by atoms with Crippen LogP contribution in [0.3, 0.4) is 0 Å². The summed E-state index contributed by atoms with van der Waals surface area (Å²) < 4.78 is 6.49. The molecule has 1 aromatic heterocycles. The number of esters is 1. The maximum absolute atomic E-state index is 15.0. The molecule has 1 spiro atoms. The van der Waals surface area contributed by atoms with E-state index in [1.54, 1.807) is 38.4 Å². The summed E-state index contributed by atoms with van der Waals surface area (Å²) in [7, 11) is 0. The summed E-state index contributed by atoms with van der Waals surface area (Å²) in [6.07, 6.45) is 5.66. The first-order chi connectivity index (χ1) is 22.3. The topological polar surface area (TPSA) is 118 Å². The molecule has 0 saturated carbocycles. The van der Waals surface area contributed by atoms with Crippen LogP contribution in [0.15, 0.2) is 79.9 Å². The molecule has 10 nitrogen and oxygen atoms in total. The molecule has 3 saturated heterocycles. The van der Waals surface area contributed by atoms with E-state index in [4.69, 9.17) is 4.74 Å². The van der Waals surface area contributed by atoms with Crippen LogP contribution in [0.5, 0.6) is 0 Å². The lowest BCUT2D eigenvalue weighted by atomic mass is 9.71. The van der Waals surface area contributed by atoms with Gasteiger partial charge in [0, 0.05) is 16.6 Å². The van der Waals surface area contributed by atoms with Crippen LogP contribution >= 0.6 is 27.7 Å². The summed E-state index contributed by atoms with van der Waals surface area (Å²) in [6.45, 7) is 7.82. The Morgan fingerprint density at radius 1 is 1.17 bits per heavy atom. The van der Waals surface area contributed by atoms with Crippen molar-refractivity contribution in [1.29, 1.82) is 0 Å². The lowest BCUT2D eigenvalue weighted by molar-refractivity contribution is -0.154. The summed E-state index contributed by atoms with van der Waals surface area (Å²) in [4.78, 5) is 46.5. The minimum Gasteiger partial charge on any atom is -0.465 e. The van der Waals surface area contributed by atoms with Gasteiger partial charge in [-0.25, -0.2) is 4.68 Å². The number of amides is 2. The average molecular weight is 709 g/mol. The van der Waals surface area contributed by atoms with Gasteiger partial charge in [-0.1, -0.05) is 75.8 Å². The molecule has 2 amide bonds. The molecule has 3 aliphatic rings. The van der Waals surface area contributed by atoms with Gasteiger partial charge in [0.05, 0.1) is 41.4 Å². The zero-order valence-corrected chi connectivity index (χ0v) is 27.9. The molecule has 2 aromatic carbocycles. The van der Waals surface area contributed by atoms with Gasteiger partial charge in [0.25, 0.3) is 0 Å². The molecule has 7 atom stereocenters. The molecular weight excluding hydrogens is 670 g/mol. The molecule has 12 heteroatoms. The van der Waals surface area contributed by atoms with Crippen molar-refractivity contribution >= 4 is 56.5 Å². The highest BCUT2D eigenvalue weighted by Gasteiger charge is 2.76. The number of benzene rings is 2. The van der Waals surface area contributed by atoms with E-state index in [2.05, 4.69) is 39.4 Å². The standard InChI is InChI=1S/C34H38BrN5O5S/c1-3-5-11-17-45-33(44)27-28-31(42)40(23(20-41)18-22-12-7-6-8-13-22)30(34(28)19-24(35)29(27)46-34)32(43)38(16-4-2)21-39-26-15-10-9-14-25(26)36-37-39/h3-4,6-10,12-15,23-24,27-30,41H,1-2,5,11,16-21H2/t23-,24?,27-,28+,29-,30?,34?/m1/s1. The predicted octanol–water partition coefficient (Wildman–Crippen LogP) is 3.98. The molecule has 3 unspecified atom stereocenters. The van der Waals surface area contributed by atoms with Crippen molar-refractivity contribution in [2.24, 2.45) is 11.8 Å². The number of para-hydroxylation sites is 1. The largest absolute Gasteiger partial charge is 0.465 e. The number of thioether (sulfide) groups is 1. The summed E-state index contributed by atoms with van der Waals surface area (Å²) in [5.74, 6) is -2.47. The molecule has 6 rings (SSSR count). The zero-order valence-electron chi connectivity index (χ0n) is 25.5. The van der Waals surface area contributed by atoms with E-state index in [9.17, 15) is 19.5 Å². The fourth-order valence-corrected chi connectivity index (χ4v) is 11.0. The number of rotatable bonds is 14. The van der Waals surface area contributed by atoms with E-state index < -0.39 is 34.6 Å². The van der Waals surface area contributed by atoms with Gasteiger partial charge in [-0.3, -0.25) is 14.4 Å². The number of alkyl halides is 1. The highest BCUT2D eigenvalue weighted by atomic mass is 79.9. The summed E-state index contributed by atoms with van der Waals surface area (Å²) in [5, 5.41) is 19.1. The van der Waals surface area contributed by atoms with Crippen molar-refractivity contribution in [3.8, 4) is 0 Å². The Hall–Kier alpha value is -3.48. The molecular formula is C34H38BrN5O5S. The van der Waals surface area contributed by atoms with E-state index in [1.165, 1.54) is 0 Å². The second-order valence-corrected chi connectivity index (χ2v) is 14.8. The average Bonchev–Trinajstić information content (AvgIpc) is 3.79. The van der Waals surface area contributed by atoms with Crippen LogP contribution in [0.4, 0.5) is 0 Å². The first kappa shape index (κ1) is 32.5. The second-order valence-electron chi connectivity index (χ2n) is 12.1. The van der Waals surface area contributed by atoms with E-state index in [0.29, 0.717) is 31.2 Å². The number of hydrogen-bond donors (Lipinski definition) is 1. The number of halogens is 1. The van der Waals surface area contributed by atoms with Gasteiger partial charge >= 0.3 is 5.97 Å². The van der Waals surface area contributed by atoms with Crippen molar-refractivity contribution in [2.45, 2.75) is 59.3 Å². The fraction of sp³-hybridized carbons (Fsp3) is 0.441. The predicted molar refractivity (Wildman–Crippen MR) is 180 cm³/mol. The third-order valence-corrected chi connectivity index (χ3v) is 12.6. The monoisotopic (exact) mass is 707 g/mol. The molecule has 0 aliphatic carbocycles. The number of nitrogens with zero attached hydrogens (tertiary/aromatic N) is 5. The number of carbonyl (C=O) groups is 3. The Bertz CT molecular complexity index is 1620. The quantitative estimate of drug-likeness (QED) is 0.116. The van der Waals surface area contributed by atoms with Crippen molar-refractivity contribution in [3.05, 3.63) is 85.5 Å². The number of hydrogen-bond acceptors (Lipinski definition) is 8. The number of aliphatic hydroxyl groups excluding tert-OH is 1. The summed E-state index contributed by atoms with van der Waals surface area (Å²) >= 11 is 5.36. The van der Waals surface area contributed by atoms with Gasteiger partial charge in [0.2, 0.25) is 11.8 Å². The first-order valence-corrected chi connectivity index (χ1v) is 17.4. The number of carbonyl (C=O) groups excluding carboxylic acids is 3. The molecule has 3 aromatic rings. The van der Waals surface area contributed by atoms with Gasteiger partial charge in [-0.15, -0.1) is 30.0 Å². The van der Waals surface area contributed by atoms with Crippen molar-refractivity contribution in [3.63, 3.8) is 0 Å². The van der Waals surface area contributed by atoms with E-state index in [-0.39, 0.29) is 48.3 Å². The number of aliphatic hydroxyl groups is 1. The molecule has 3 fully saturated rings. The Kier molecular flexibility index (Phi) is 9.67. The van der Waals surface area contributed by atoms with Gasteiger partial charge in [0.1, 0.15) is 18.2 Å². The summed E-state index contributed by atoms with van der Waals surface area (Å²) in [6, 6.07) is 15.5. The van der Waals surface area contributed by atoms with E-state index in [0.717, 1.165) is 11.1 Å². The smallest absolute Gasteiger partial charge is 0.310 e. The number of allylic oxidation sites excluding steroid dienone is 1. The minimum absolute atomic E-state index is 0.0910. The lowest BCUT2D eigenvalue weighted by Gasteiger charge is -2.39. The zero-order chi connectivity index (χ0) is 32.4. The Balaban J connectivity index is 1.39. The lowest BCUT2D eigenvalue weighted by Crippen LogP contribution is -2.58. The number of aromatic nitrogens is 3. The Morgan fingerprint density at radius 2 is 1.93 bits per heavy atom. The van der Waals surface area contributed by atoms with Crippen LogP contribution in [0.2, 0.25) is 0 Å². The highest BCUT2D eigenvalue weighted by molar-refractivity contribution is 9.09. The molecule has 1 N–H and O–H groups in total. The highest BCUT2D eigenvalue weighted by Crippen LogP contribution is 2.68. The third kappa shape index (κ3) is 5.68. The number of likely N-dealkylation sites (tertiary alicyclic amines) is 1. The minimum atomic E-state index is -0.936. The van der Waals surface area contributed by atoms with Gasteiger partial charge in [-0.05, 0) is 43.4 Å². The normalized spacial score (nSPS) is 27.0. The molecule has 242 valence electrons. The number of ether oxygens (including phenoxy) is 1. The number of fused-ring (bicyclic) bond motifs is 2. The van der Waals surface area contributed by atoms with Gasteiger partial charge in [-0.2, -0.15) is 0 Å². The molecule has 3 aliphatic heterocycles. The van der Waals surface area contributed by atoms with Crippen molar-refractivity contribution < 1.29 is 24.2 Å². The summed E-state index contributed by atoms with van der Waals surface area (Å²) in [5.41, 5.74) is 2.41. The van der Waals surface area contributed by atoms with E-state index >= 15 is 0 Å². The first-order valence-electron chi connectivity index (χ1n) is 15.6. The van der Waals surface area contributed by atoms with Crippen molar-refractivity contribution in [1.82, 2.24) is 24.8 Å². The molecule has 2 bridgehead atoms. The van der Waals surface area contributed by atoms with E-state index in [1.807, 2.05) is 54.6 Å². The van der Waals surface area contributed by atoms with Crippen LogP contribution in [0, 0.1) is 11.8 Å². The Morgan fingerprint density at radius 3 is 2.67 bits per heavy atom. The SMILES string of the molecule is C=CCCCOC(=O)[C@H]1[C@@H]2SC3(CC2Br)C(C(=O)N(CC=C)Cn2nnc4ccccc42)N([C@@H](CO)Cc2ccccc2)C(=O)[C@H]13.